The molecule has 0 amide bonds. The Hall–Kier alpha value is -2.31. The van der Waals surface area contributed by atoms with Gasteiger partial charge < -0.3 is 8.83 Å². The van der Waals surface area contributed by atoms with E-state index in [4.69, 9.17) is 8.83 Å². The molecule has 0 saturated carbocycles. The maximum Gasteiger partial charge on any atom is 0.244 e. The highest BCUT2D eigenvalue weighted by atomic mass is 32.2. The average Bonchev–Trinajstić information content (AvgIpc) is 3.18. The summed E-state index contributed by atoms with van der Waals surface area (Å²) in [4.78, 5) is 0.344. The Balaban J connectivity index is 2.04. The molecule has 132 valence electrons. The Morgan fingerprint density at radius 3 is 1.76 bits per heavy atom. The van der Waals surface area contributed by atoms with Crippen LogP contribution in [0.1, 0.15) is 28.2 Å². The van der Waals surface area contributed by atoms with Gasteiger partial charge in [-0.1, -0.05) is 17.7 Å². The fourth-order valence-corrected chi connectivity index (χ4v) is 4.87. The van der Waals surface area contributed by atoms with E-state index in [0.29, 0.717) is 16.4 Å². The van der Waals surface area contributed by atoms with Crippen LogP contribution in [0, 0.1) is 20.8 Å². The first kappa shape index (κ1) is 17.5. The van der Waals surface area contributed by atoms with Gasteiger partial charge in [0.05, 0.1) is 30.5 Å². The predicted octanol–water partition coefficient (Wildman–Crippen LogP) is 4.19. The van der Waals surface area contributed by atoms with Gasteiger partial charge in [0.15, 0.2) is 0 Å². The van der Waals surface area contributed by atoms with Crippen LogP contribution in [0.15, 0.2) is 62.7 Å². The van der Waals surface area contributed by atoms with Crippen LogP contribution in [0.25, 0.3) is 0 Å². The molecule has 0 fully saturated rings. The molecule has 3 rings (SSSR count). The maximum absolute atomic E-state index is 13.4. The topological polar surface area (TPSA) is 63.7 Å². The molecule has 0 unspecified atom stereocenters. The largest absolute Gasteiger partial charge is 0.468 e. The number of furan rings is 2. The Morgan fingerprint density at radius 1 is 0.880 bits per heavy atom. The maximum atomic E-state index is 13.4. The predicted molar refractivity (Wildman–Crippen MR) is 94.5 cm³/mol. The van der Waals surface area contributed by atoms with Crippen LogP contribution >= 0.6 is 0 Å². The lowest BCUT2D eigenvalue weighted by molar-refractivity contribution is 0.330. The molecular formula is C19H21NO4S. The molecule has 0 N–H and O–H groups in total. The smallest absolute Gasteiger partial charge is 0.244 e. The monoisotopic (exact) mass is 359 g/mol. The zero-order valence-electron chi connectivity index (χ0n) is 14.5. The van der Waals surface area contributed by atoms with Crippen molar-refractivity contribution < 1.29 is 17.3 Å². The first-order valence-corrected chi connectivity index (χ1v) is 9.44. The van der Waals surface area contributed by atoms with Crippen molar-refractivity contribution in [2.75, 3.05) is 0 Å². The molecular weight excluding hydrogens is 338 g/mol. The quantitative estimate of drug-likeness (QED) is 0.662. The van der Waals surface area contributed by atoms with Crippen LogP contribution in [0.2, 0.25) is 0 Å². The fourth-order valence-electron chi connectivity index (χ4n) is 3.08. The van der Waals surface area contributed by atoms with Crippen molar-refractivity contribution in [3.05, 3.63) is 77.1 Å². The third kappa shape index (κ3) is 3.70. The van der Waals surface area contributed by atoms with E-state index >= 15 is 0 Å². The first-order chi connectivity index (χ1) is 11.9. The third-order valence-corrected chi connectivity index (χ3v) is 6.13. The van der Waals surface area contributed by atoms with Crippen LogP contribution in [0.5, 0.6) is 0 Å². The van der Waals surface area contributed by atoms with Crippen molar-refractivity contribution in [2.24, 2.45) is 0 Å². The van der Waals surface area contributed by atoms with E-state index in [9.17, 15) is 8.42 Å². The molecule has 3 aromatic rings. The van der Waals surface area contributed by atoms with Gasteiger partial charge in [-0.05, 0) is 56.2 Å². The average molecular weight is 359 g/mol. The van der Waals surface area contributed by atoms with Crippen LogP contribution in [0.3, 0.4) is 0 Å². The van der Waals surface area contributed by atoms with Crippen molar-refractivity contribution in [2.45, 2.75) is 38.8 Å². The Bertz CT molecular complexity index is 882. The second kappa shape index (κ2) is 6.90. The van der Waals surface area contributed by atoms with Gasteiger partial charge in [-0.25, -0.2) is 8.42 Å². The summed E-state index contributed by atoms with van der Waals surface area (Å²) in [6.07, 6.45) is 3.07. The number of nitrogens with zero attached hydrogens (tertiary/aromatic N) is 1. The molecule has 0 spiro atoms. The number of aryl methyl sites for hydroxylation is 3. The molecule has 0 atom stereocenters. The van der Waals surface area contributed by atoms with E-state index < -0.39 is 10.0 Å². The lowest BCUT2D eigenvalue weighted by Crippen LogP contribution is -2.31. The van der Waals surface area contributed by atoms with Gasteiger partial charge in [0.1, 0.15) is 11.5 Å². The summed E-state index contributed by atoms with van der Waals surface area (Å²) in [5.74, 6) is 1.16. The Morgan fingerprint density at radius 2 is 1.36 bits per heavy atom. The van der Waals surface area contributed by atoms with Gasteiger partial charge in [-0.3, -0.25) is 0 Å². The van der Waals surface area contributed by atoms with Crippen molar-refractivity contribution >= 4 is 10.0 Å². The highest BCUT2D eigenvalue weighted by molar-refractivity contribution is 7.89. The SMILES string of the molecule is Cc1cc(C)c(S(=O)(=O)N(Cc2ccco2)Cc2ccco2)c(C)c1. The lowest BCUT2D eigenvalue weighted by Gasteiger charge is -2.23. The highest BCUT2D eigenvalue weighted by Gasteiger charge is 2.29. The zero-order chi connectivity index (χ0) is 18.0. The summed E-state index contributed by atoms with van der Waals surface area (Å²) in [6, 6.07) is 10.8. The number of hydrogen-bond acceptors (Lipinski definition) is 4. The summed E-state index contributed by atoms with van der Waals surface area (Å²) in [7, 11) is -3.72. The second-order valence-electron chi connectivity index (χ2n) is 6.16. The molecule has 1 aromatic carbocycles. The Kier molecular flexibility index (Phi) is 4.83. The van der Waals surface area contributed by atoms with Crippen molar-refractivity contribution in [1.82, 2.24) is 4.31 Å². The number of hydrogen-bond donors (Lipinski definition) is 0. The van der Waals surface area contributed by atoms with Crippen molar-refractivity contribution in [1.29, 1.82) is 0 Å². The summed E-state index contributed by atoms with van der Waals surface area (Å²) in [5, 5.41) is 0. The van der Waals surface area contributed by atoms with E-state index in [1.165, 1.54) is 16.8 Å². The molecule has 0 aliphatic carbocycles. The van der Waals surface area contributed by atoms with Crippen LogP contribution in [-0.4, -0.2) is 12.7 Å². The molecule has 0 radical (unpaired) electrons. The molecule has 2 heterocycles. The van der Waals surface area contributed by atoms with Gasteiger partial charge >= 0.3 is 0 Å². The lowest BCUT2D eigenvalue weighted by atomic mass is 10.1. The van der Waals surface area contributed by atoms with Gasteiger partial charge in [-0.2, -0.15) is 4.31 Å². The van der Waals surface area contributed by atoms with E-state index in [-0.39, 0.29) is 13.1 Å². The van der Waals surface area contributed by atoms with Crippen LogP contribution < -0.4 is 0 Å². The van der Waals surface area contributed by atoms with Crippen molar-refractivity contribution in [3.63, 3.8) is 0 Å². The number of benzene rings is 1. The number of rotatable bonds is 6. The minimum atomic E-state index is -3.72. The van der Waals surface area contributed by atoms with Crippen LogP contribution in [0.4, 0.5) is 0 Å². The summed E-state index contributed by atoms with van der Waals surface area (Å²) in [6.45, 7) is 5.89. The summed E-state index contributed by atoms with van der Waals surface area (Å²) < 4.78 is 38.9. The molecule has 0 bridgehead atoms. The van der Waals surface area contributed by atoms with E-state index in [2.05, 4.69) is 0 Å². The molecule has 0 aliphatic rings. The Labute approximate surface area is 147 Å². The molecule has 6 heteroatoms. The molecule has 25 heavy (non-hydrogen) atoms. The fraction of sp³-hybridized carbons (Fsp3) is 0.263. The minimum Gasteiger partial charge on any atom is -0.468 e. The van der Waals surface area contributed by atoms with Gasteiger partial charge in [0, 0.05) is 0 Å². The first-order valence-electron chi connectivity index (χ1n) is 8.00. The molecule has 2 aromatic heterocycles. The normalized spacial score (nSPS) is 12.0. The standard InChI is InChI=1S/C19H21NO4S/c1-14-10-15(2)19(16(3)11-14)25(21,22)20(12-17-6-4-8-23-17)13-18-7-5-9-24-18/h4-11H,12-13H2,1-3H3. The van der Waals surface area contributed by atoms with E-state index in [1.807, 2.05) is 32.9 Å². The second-order valence-corrected chi connectivity index (χ2v) is 8.03. The summed E-state index contributed by atoms with van der Waals surface area (Å²) >= 11 is 0. The molecule has 0 aliphatic heterocycles. The van der Waals surface area contributed by atoms with Gasteiger partial charge in [-0.15, -0.1) is 0 Å². The van der Waals surface area contributed by atoms with Crippen LogP contribution in [-0.2, 0) is 23.1 Å². The molecule has 0 saturated heterocycles. The minimum absolute atomic E-state index is 0.142. The van der Waals surface area contributed by atoms with Gasteiger partial charge in [0.2, 0.25) is 10.0 Å². The number of sulfonamides is 1. The zero-order valence-corrected chi connectivity index (χ0v) is 15.3. The van der Waals surface area contributed by atoms with Crippen molar-refractivity contribution in [3.8, 4) is 0 Å². The van der Waals surface area contributed by atoms with E-state index in [1.54, 1.807) is 24.3 Å². The van der Waals surface area contributed by atoms with E-state index in [0.717, 1.165) is 16.7 Å². The molecule has 5 nitrogen and oxygen atoms in total. The highest BCUT2D eigenvalue weighted by Crippen LogP contribution is 2.28. The summed E-state index contributed by atoms with van der Waals surface area (Å²) in [5.41, 5.74) is 2.51. The van der Waals surface area contributed by atoms with Gasteiger partial charge in [0.25, 0.3) is 0 Å². The third-order valence-electron chi connectivity index (χ3n) is 4.03.